The van der Waals surface area contributed by atoms with Crippen molar-refractivity contribution in [2.75, 3.05) is 5.32 Å². The normalized spacial score (nSPS) is 25.8. The Morgan fingerprint density at radius 1 is 1.30 bits per heavy atom. The van der Waals surface area contributed by atoms with Crippen molar-refractivity contribution in [3.63, 3.8) is 0 Å². The van der Waals surface area contributed by atoms with E-state index >= 15 is 0 Å². The third-order valence-corrected chi connectivity index (χ3v) is 3.86. The van der Waals surface area contributed by atoms with Gasteiger partial charge in [-0.1, -0.05) is 13.8 Å². The summed E-state index contributed by atoms with van der Waals surface area (Å²) in [6.45, 7) is 4.43. The molecule has 0 aromatic heterocycles. The molecule has 2 unspecified atom stereocenters. The topological polar surface area (TPSA) is 79.0 Å². The molecule has 0 heterocycles. The minimum atomic E-state index is -0.404. The molecule has 5 nitrogen and oxygen atoms in total. The average Bonchev–Trinajstić information content (AvgIpc) is 2.37. The smallest absolute Gasteiger partial charge is 0.292 e. The fraction of sp³-hybridized carbons (Fsp3) is 0.533. The summed E-state index contributed by atoms with van der Waals surface area (Å²) in [6, 6.07) is 6.72. The molecule has 20 heavy (non-hydrogen) atoms. The fourth-order valence-corrected chi connectivity index (χ4v) is 3.17. The Morgan fingerprint density at radius 3 is 2.50 bits per heavy atom. The van der Waals surface area contributed by atoms with Gasteiger partial charge >= 0.3 is 0 Å². The summed E-state index contributed by atoms with van der Waals surface area (Å²) in [5.74, 6) is 1.24. The summed E-state index contributed by atoms with van der Waals surface area (Å²) in [7, 11) is 0. The Balaban J connectivity index is 2.23. The molecule has 2 atom stereocenters. The Labute approximate surface area is 118 Å². The molecule has 1 aliphatic rings. The molecule has 5 heteroatoms. The Morgan fingerprint density at radius 2 is 1.95 bits per heavy atom. The van der Waals surface area contributed by atoms with Gasteiger partial charge in [-0.05, 0) is 43.2 Å². The first-order valence-electron chi connectivity index (χ1n) is 6.94. The largest absolute Gasteiger partial charge is 0.377 e. The number of benzene rings is 1. The van der Waals surface area contributed by atoms with Crippen LogP contribution in [0.2, 0.25) is 0 Å². The van der Waals surface area contributed by atoms with Crippen LogP contribution in [0.5, 0.6) is 0 Å². The van der Waals surface area contributed by atoms with Gasteiger partial charge in [-0.2, -0.15) is 5.26 Å². The van der Waals surface area contributed by atoms with Crippen LogP contribution in [0.1, 0.15) is 38.7 Å². The van der Waals surface area contributed by atoms with Crippen molar-refractivity contribution in [3.8, 4) is 6.07 Å². The van der Waals surface area contributed by atoms with Gasteiger partial charge in [-0.15, -0.1) is 0 Å². The summed E-state index contributed by atoms with van der Waals surface area (Å²) < 4.78 is 0. The van der Waals surface area contributed by atoms with Crippen LogP contribution in [0.4, 0.5) is 11.4 Å². The van der Waals surface area contributed by atoms with E-state index in [1.807, 2.05) is 6.07 Å². The van der Waals surface area contributed by atoms with Crippen LogP contribution in [0.15, 0.2) is 18.2 Å². The molecule has 0 saturated heterocycles. The zero-order valence-electron chi connectivity index (χ0n) is 11.8. The zero-order valence-corrected chi connectivity index (χ0v) is 11.8. The SMILES string of the molecule is CC1CC(C)CC(Nc2cc(C#N)ccc2[N+](=O)[O-])C1. The van der Waals surface area contributed by atoms with Crippen molar-refractivity contribution in [2.45, 2.75) is 39.2 Å². The molecule has 0 spiro atoms. The highest BCUT2D eigenvalue weighted by molar-refractivity contribution is 5.64. The fourth-order valence-electron chi connectivity index (χ4n) is 3.17. The van der Waals surface area contributed by atoms with Crippen LogP contribution in [0.25, 0.3) is 0 Å². The first-order valence-corrected chi connectivity index (χ1v) is 6.94. The monoisotopic (exact) mass is 273 g/mol. The van der Waals surface area contributed by atoms with Crippen molar-refractivity contribution in [3.05, 3.63) is 33.9 Å². The summed E-state index contributed by atoms with van der Waals surface area (Å²) in [5.41, 5.74) is 0.935. The first kappa shape index (κ1) is 14.3. The van der Waals surface area contributed by atoms with Gasteiger partial charge in [-0.25, -0.2) is 0 Å². The predicted molar refractivity (Wildman–Crippen MR) is 77.4 cm³/mol. The van der Waals surface area contributed by atoms with Crippen molar-refractivity contribution in [1.82, 2.24) is 0 Å². The lowest BCUT2D eigenvalue weighted by atomic mass is 9.80. The van der Waals surface area contributed by atoms with Crippen LogP contribution >= 0.6 is 0 Å². The molecule has 0 radical (unpaired) electrons. The molecule has 1 aromatic carbocycles. The maximum atomic E-state index is 11.1. The van der Waals surface area contributed by atoms with Gasteiger partial charge in [0.25, 0.3) is 5.69 Å². The van der Waals surface area contributed by atoms with Crippen LogP contribution < -0.4 is 5.32 Å². The highest BCUT2D eigenvalue weighted by Crippen LogP contribution is 2.33. The molecule has 106 valence electrons. The number of hydrogen-bond acceptors (Lipinski definition) is 4. The van der Waals surface area contributed by atoms with Gasteiger partial charge in [-0.3, -0.25) is 10.1 Å². The molecule has 0 bridgehead atoms. The van der Waals surface area contributed by atoms with Crippen LogP contribution in [-0.4, -0.2) is 11.0 Å². The summed E-state index contributed by atoms with van der Waals surface area (Å²) in [5, 5.41) is 23.3. The molecule has 1 saturated carbocycles. The first-order chi connectivity index (χ1) is 9.49. The molecular formula is C15H19N3O2. The zero-order chi connectivity index (χ0) is 14.7. The lowest BCUT2D eigenvalue weighted by Crippen LogP contribution is -2.30. The second-order valence-corrected chi connectivity index (χ2v) is 5.86. The van der Waals surface area contributed by atoms with Gasteiger partial charge in [0, 0.05) is 12.1 Å². The third-order valence-electron chi connectivity index (χ3n) is 3.86. The van der Waals surface area contributed by atoms with Crippen LogP contribution in [0.3, 0.4) is 0 Å². The maximum Gasteiger partial charge on any atom is 0.292 e. The Hall–Kier alpha value is -2.09. The van der Waals surface area contributed by atoms with Gasteiger partial charge in [0.2, 0.25) is 0 Å². The maximum absolute atomic E-state index is 11.1. The molecule has 2 rings (SSSR count). The summed E-state index contributed by atoms with van der Waals surface area (Å²) >= 11 is 0. The molecule has 1 N–H and O–H groups in total. The highest BCUT2D eigenvalue weighted by Gasteiger charge is 2.25. The molecule has 0 amide bonds. The van der Waals surface area contributed by atoms with Crippen LogP contribution in [-0.2, 0) is 0 Å². The number of hydrogen-bond donors (Lipinski definition) is 1. The van der Waals surface area contributed by atoms with E-state index < -0.39 is 4.92 Å². The minimum absolute atomic E-state index is 0.0369. The van der Waals surface area contributed by atoms with Gasteiger partial charge in [0.05, 0.1) is 16.6 Å². The minimum Gasteiger partial charge on any atom is -0.377 e. The lowest BCUT2D eigenvalue weighted by molar-refractivity contribution is -0.384. The van der Waals surface area contributed by atoms with Gasteiger partial charge in [0.15, 0.2) is 0 Å². The van der Waals surface area contributed by atoms with E-state index in [0.29, 0.717) is 23.1 Å². The lowest BCUT2D eigenvalue weighted by Gasteiger charge is -2.32. The predicted octanol–water partition coefficient (Wildman–Crippen LogP) is 3.70. The molecule has 0 aliphatic heterocycles. The number of rotatable bonds is 3. The van der Waals surface area contributed by atoms with Gasteiger partial charge in [0.1, 0.15) is 5.69 Å². The van der Waals surface area contributed by atoms with Crippen LogP contribution in [0, 0.1) is 33.3 Å². The summed E-state index contributed by atoms with van der Waals surface area (Å²) in [6.07, 6.45) is 3.23. The van der Waals surface area contributed by atoms with E-state index in [-0.39, 0.29) is 11.7 Å². The standard InChI is InChI=1S/C15H19N3O2/c1-10-5-11(2)7-13(6-10)17-14-8-12(9-16)3-4-15(14)18(19)20/h3-4,8,10-11,13,17H,5-7H2,1-2H3. The second kappa shape index (κ2) is 5.91. The van der Waals surface area contributed by atoms with E-state index in [2.05, 4.69) is 19.2 Å². The quantitative estimate of drug-likeness (QED) is 0.672. The van der Waals surface area contributed by atoms with E-state index in [9.17, 15) is 10.1 Å². The second-order valence-electron chi connectivity index (χ2n) is 5.86. The van der Waals surface area contributed by atoms with E-state index in [1.54, 1.807) is 6.07 Å². The number of nitriles is 1. The summed E-state index contributed by atoms with van der Waals surface area (Å²) in [4.78, 5) is 10.7. The molecule has 1 aliphatic carbocycles. The van der Waals surface area contributed by atoms with Crippen molar-refractivity contribution in [2.24, 2.45) is 11.8 Å². The van der Waals surface area contributed by atoms with E-state index in [1.165, 1.54) is 18.6 Å². The average molecular weight is 273 g/mol. The van der Waals surface area contributed by atoms with E-state index in [0.717, 1.165) is 12.8 Å². The number of nitrogens with one attached hydrogen (secondary N) is 1. The van der Waals surface area contributed by atoms with Crippen molar-refractivity contribution in [1.29, 1.82) is 5.26 Å². The Bertz CT molecular complexity index is 541. The number of nitrogens with zero attached hydrogens (tertiary/aromatic N) is 2. The third kappa shape index (κ3) is 3.27. The van der Waals surface area contributed by atoms with E-state index in [4.69, 9.17) is 5.26 Å². The Kier molecular flexibility index (Phi) is 4.23. The number of nitro benzene ring substituents is 1. The van der Waals surface area contributed by atoms with Gasteiger partial charge < -0.3 is 5.32 Å². The van der Waals surface area contributed by atoms with Crippen molar-refractivity contribution >= 4 is 11.4 Å². The highest BCUT2D eigenvalue weighted by atomic mass is 16.6. The molecular weight excluding hydrogens is 254 g/mol. The van der Waals surface area contributed by atoms with Crippen molar-refractivity contribution < 1.29 is 4.92 Å². The molecule has 1 aromatic rings. The number of nitro groups is 1. The number of anilines is 1. The molecule has 1 fully saturated rings.